The summed E-state index contributed by atoms with van der Waals surface area (Å²) in [4.78, 5) is 49.1. The fourth-order valence-electron chi connectivity index (χ4n) is 2.37. The first kappa shape index (κ1) is 22.9. The second kappa shape index (κ2) is 12.3. The summed E-state index contributed by atoms with van der Waals surface area (Å²) < 4.78 is 14.6. The van der Waals surface area contributed by atoms with Gasteiger partial charge in [0.05, 0.1) is 19.8 Å². The van der Waals surface area contributed by atoms with Crippen molar-refractivity contribution in [2.45, 2.75) is 39.7 Å². The third-order valence-electron chi connectivity index (χ3n) is 3.55. The molecular formula is C19H26N2O7. The van der Waals surface area contributed by atoms with E-state index in [-0.39, 0.29) is 32.7 Å². The summed E-state index contributed by atoms with van der Waals surface area (Å²) in [5.74, 6) is -0.983. The lowest BCUT2D eigenvalue weighted by Gasteiger charge is -2.29. The number of hydrazine groups is 1. The molecule has 154 valence electrons. The van der Waals surface area contributed by atoms with Crippen LogP contribution in [0.4, 0.5) is 9.59 Å². The van der Waals surface area contributed by atoms with Crippen molar-refractivity contribution in [1.29, 1.82) is 0 Å². The van der Waals surface area contributed by atoms with Gasteiger partial charge in [-0.3, -0.25) is 9.59 Å². The molecule has 1 aromatic carbocycles. The lowest BCUT2D eigenvalue weighted by molar-refractivity contribution is -0.143. The number of hydrogen-bond acceptors (Lipinski definition) is 7. The number of ether oxygens (including phenoxy) is 3. The van der Waals surface area contributed by atoms with Crippen molar-refractivity contribution in [3.05, 3.63) is 35.9 Å². The van der Waals surface area contributed by atoms with E-state index < -0.39 is 30.0 Å². The highest BCUT2D eigenvalue weighted by atomic mass is 16.6. The number of nitrogens with zero attached hydrogens (tertiary/aromatic N) is 1. The molecule has 1 N–H and O–H groups in total. The molecule has 0 bridgehead atoms. The molecule has 2 amide bonds. The summed E-state index contributed by atoms with van der Waals surface area (Å²) >= 11 is 0. The Bertz CT molecular complexity index is 664. The van der Waals surface area contributed by atoms with Crippen LogP contribution in [0.5, 0.6) is 0 Å². The topological polar surface area (TPSA) is 111 Å². The quantitative estimate of drug-likeness (QED) is 0.297. The molecule has 9 heteroatoms. The van der Waals surface area contributed by atoms with Gasteiger partial charge in [-0.05, 0) is 27.2 Å². The van der Waals surface area contributed by atoms with Crippen molar-refractivity contribution in [2.75, 3.05) is 19.8 Å². The van der Waals surface area contributed by atoms with Crippen LogP contribution in [0.25, 0.3) is 0 Å². The van der Waals surface area contributed by atoms with Gasteiger partial charge >= 0.3 is 18.2 Å². The average Bonchev–Trinajstić information content (AvgIpc) is 2.68. The predicted molar refractivity (Wildman–Crippen MR) is 99.4 cm³/mol. The highest BCUT2D eigenvalue weighted by molar-refractivity contribution is 6.01. The minimum absolute atomic E-state index is 0.0317. The highest BCUT2D eigenvalue weighted by Crippen LogP contribution is 2.15. The summed E-state index contributed by atoms with van der Waals surface area (Å²) in [7, 11) is 0. The second-order valence-electron chi connectivity index (χ2n) is 5.49. The second-order valence-corrected chi connectivity index (χ2v) is 5.49. The maximum absolute atomic E-state index is 13.0. The summed E-state index contributed by atoms with van der Waals surface area (Å²) in [5, 5.41) is 0.760. The van der Waals surface area contributed by atoms with Gasteiger partial charge in [-0.2, -0.15) is 0 Å². The number of rotatable bonds is 9. The van der Waals surface area contributed by atoms with Crippen molar-refractivity contribution in [3.8, 4) is 0 Å². The van der Waals surface area contributed by atoms with Crippen LogP contribution < -0.4 is 5.43 Å². The molecule has 28 heavy (non-hydrogen) atoms. The van der Waals surface area contributed by atoms with Crippen molar-refractivity contribution >= 4 is 23.9 Å². The van der Waals surface area contributed by atoms with Crippen molar-refractivity contribution < 1.29 is 33.4 Å². The predicted octanol–water partition coefficient (Wildman–Crippen LogP) is 2.70. The SMILES string of the molecule is CCOC(=O)CCC(C(=O)c1ccccc1)N(NC(=O)OCC)C(=O)OCC. The third-order valence-corrected chi connectivity index (χ3v) is 3.55. The van der Waals surface area contributed by atoms with Crippen LogP contribution in [-0.2, 0) is 19.0 Å². The largest absolute Gasteiger partial charge is 0.466 e. The molecule has 1 unspecified atom stereocenters. The van der Waals surface area contributed by atoms with Crippen LogP contribution >= 0.6 is 0 Å². The molecule has 0 heterocycles. The van der Waals surface area contributed by atoms with Crippen LogP contribution in [0.1, 0.15) is 44.0 Å². The van der Waals surface area contributed by atoms with E-state index in [1.807, 2.05) is 0 Å². The lowest BCUT2D eigenvalue weighted by Crippen LogP contribution is -2.55. The lowest BCUT2D eigenvalue weighted by atomic mass is 10.00. The number of benzene rings is 1. The number of nitrogens with one attached hydrogen (secondary N) is 1. The molecule has 9 nitrogen and oxygen atoms in total. The van der Waals surface area contributed by atoms with E-state index in [9.17, 15) is 19.2 Å². The Hall–Kier alpha value is -3.10. The molecule has 0 aliphatic rings. The zero-order valence-corrected chi connectivity index (χ0v) is 16.3. The fraction of sp³-hybridized carbons (Fsp3) is 0.474. The van der Waals surface area contributed by atoms with Gasteiger partial charge in [0.1, 0.15) is 6.04 Å². The van der Waals surface area contributed by atoms with E-state index >= 15 is 0 Å². The molecule has 0 radical (unpaired) electrons. The van der Waals surface area contributed by atoms with Crippen LogP contribution in [0.15, 0.2) is 30.3 Å². The third kappa shape index (κ3) is 7.26. The Labute approximate surface area is 163 Å². The smallest absolute Gasteiger partial charge is 0.429 e. The number of hydrogen-bond donors (Lipinski definition) is 1. The van der Waals surface area contributed by atoms with E-state index in [2.05, 4.69) is 5.43 Å². The maximum atomic E-state index is 13.0. The molecule has 1 atom stereocenters. The van der Waals surface area contributed by atoms with Crippen molar-refractivity contribution in [1.82, 2.24) is 10.4 Å². The number of ketones is 1. The molecule has 0 saturated heterocycles. The molecule has 1 aromatic rings. The summed E-state index contributed by atoms with van der Waals surface area (Å²) in [6, 6.07) is 7.05. The molecule has 0 fully saturated rings. The molecule has 0 aliphatic carbocycles. The number of amides is 2. The van der Waals surface area contributed by atoms with Gasteiger partial charge < -0.3 is 14.2 Å². The van der Waals surface area contributed by atoms with E-state index in [4.69, 9.17) is 14.2 Å². The Morgan fingerprint density at radius 3 is 2.11 bits per heavy atom. The van der Waals surface area contributed by atoms with Crippen LogP contribution in [-0.4, -0.2) is 54.8 Å². The zero-order chi connectivity index (χ0) is 20.9. The molecule has 0 aromatic heterocycles. The highest BCUT2D eigenvalue weighted by Gasteiger charge is 2.34. The van der Waals surface area contributed by atoms with Gasteiger partial charge in [0.25, 0.3) is 0 Å². The van der Waals surface area contributed by atoms with Crippen LogP contribution in [0, 0.1) is 0 Å². The Morgan fingerprint density at radius 1 is 0.929 bits per heavy atom. The zero-order valence-electron chi connectivity index (χ0n) is 16.3. The molecule has 1 rings (SSSR count). The van der Waals surface area contributed by atoms with Gasteiger partial charge in [-0.1, -0.05) is 30.3 Å². The number of Topliss-reactive ketones (excluding diaryl/α,β-unsaturated/α-hetero) is 1. The average molecular weight is 394 g/mol. The van der Waals surface area contributed by atoms with Crippen molar-refractivity contribution in [2.24, 2.45) is 0 Å². The first-order chi connectivity index (χ1) is 13.4. The minimum atomic E-state index is -1.18. The monoisotopic (exact) mass is 394 g/mol. The van der Waals surface area contributed by atoms with Gasteiger partial charge in [0, 0.05) is 12.0 Å². The fourth-order valence-corrected chi connectivity index (χ4v) is 2.37. The first-order valence-corrected chi connectivity index (χ1v) is 9.08. The van der Waals surface area contributed by atoms with E-state index in [0.29, 0.717) is 5.56 Å². The van der Waals surface area contributed by atoms with Crippen LogP contribution in [0.2, 0.25) is 0 Å². The summed E-state index contributed by atoms with van der Waals surface area (Å²) in [6.07, 6.45) is -2.05. The Balaban J connectivity index is 3.16. The first-order valence-electron chi connectivity index (χ1n) is 9.08. The molecular weight excluding hydrogens is 368 g/mol. The Morgan fingerprint density at radius 2 is 1.54 bits per heavy atom. The molecule has 0 aliphatic heterocycles. The van der Waals surface area contributed by atoms with E-state index in [0.717, 1.165) is 5.01 Å². The number of esters is 1. The number of carbonyl (C=O) groups is 4. The van der Waals surface area contributed by atoms with Gasteiger partial charge in [-0.25, -0.2) is 20.0 Å². The Kier molecular flexibility index (Phi) is 10.1. The van der Waals surface area contributed by atoms with Gasteiger partial charge in [0.2, 0.25) is 0 Å². The van der Waals surface area contributed by atoms with Crippen LogP contribution in [0.3, 0.4) is 0 Å². The number of carbonyl (C=O) groups excluding carboxylic acids is 4. The van der Waals surface area contributed by atoms with Gasteiger partial charge in [0.15, 0.2) is 5.78 Å². The summed E-state index contributed by atoms with van der Waals surface area (Å²) in [5.41, 5.74) is 2.55. The minimum Gasteiger partial charge on any atom is -0.466 e. The molecule has 0 spiro atoms. The van der Waals surface area contributed by atoms with Crippen molar-refractivity contribution in [3.63, 3.8) is 0 Å². The molecule has 0 saturated carbocycles. The van der Waals surface area contributed by atoms with Gasteiger partial charge in [-0.15, -0.1) is 0 Å². The normalized spacial score (nSPS) is 11.1. The van der Waals surface area contributed by atoms with E-state index in [1.165, 1.54) is 0 Å². The van der Waals surface area contributed by atoms with E-state index in [1.54, 1.807) is 51.1 Å². The summed E-state index contributed by atoms with van der Waals surface area (Å²) in [6.45, 7) is 5.15. The maximum Gasteiger partial charge on any atom is 0.429 e. The standard InChI is InChI=1S/C19H26N2O7/c1-4-26-16(22)13-12-15(17(23)14-10-8-7-9-11-14)21(19(25)28-6-3)20-18(24)27-5-2/h7-11,15H,4-6,12-13H2,1-3H3,(H,20,24).